The number of nitrogen functional groups attached to an aromatic ring is 1. The molecule has 0 amide bonds. The van der Waals surface area contributed by atoms with Gasteiger partial charge in [0.15, 0.2) is 5.78 Å². The minimum Gasteiger partial charge on any atom is -0.744 e. The van der Waals surface area contributed by atoms with Crippen LogP contribution in [0.2, 0.25) is 0 Å². The van der Waals surface area contributed by atoms with E-state index in [4.69, 9.17) is 10.8 Å². The molecule has 3 aromatic rings. The Kier molecular flexibility index (Phi) is 9.14. The summed E-state index contributed by atoms with van der Waals surface area (Å²) in [5.74, 6) is 3.26. The van der Waals surface area contributed by atoms with Crippen molar-refractivity contribution in [2.24, 2.45) is 0 Å². The Balaban J connectivity index is 0.00000148. The average Bonchev–Trinajstić information content (AvgIpc) is 2.84. The molecule has 0 heterocycles. The number of aliphatic hydroxyl groups is 1. The van der Waals surface area contributed by atoms with Crippen LogP contribution < -0.4 is 40.6 Å². The van der Waals surface area contributed by atoms with Crippen molar-refractivity contribution in [1.82, 2.24) is 0 Å². The van der Waals surface area contributed by atoms with Crippen molar-refractivity contribution in [2.45, 2.75) is 9.79 Å². The van der Waals surface area contributed by atoms with Crippen molar-refractivity contribution >= 4 is 53.9 Å². The maximum atomic E-state index is 13.4. The molecule has 0 radical (unpaired) electrons. The zero-order valence-electron chi connectivity index (χ0n) is 19.8. The number of benzene rings is 3. The maximum absolute atomic E-state index is 13.4. The van der Waals surface area contributed by atoms with E-state index in [1.807, 2.05) is 0 Å². The second-order valence-electron chi connectivity index (χ2n) is 7.44. The van der Waals surface area contributed by atoms with Crippen molar-refractivity contribution in [3.63, 3.8) is 0 Å². The van der Waals surface area contributed by atoms with Crippen molar-refractivity contribution in [1.29, 1.82) is 0 Å². The van der Waals surface area contributed by atoms with Gasteiger partial charge in [0.25, 0.3) is 0 Å². The van der Waals surface area contributed by atoms with Gasteiger partial charge in [-0.3, -0.25) is 9.00 Å². The summed E-state index contributed by atoms with van der Waals surface area (Å²) < 4.78 is 48.5. The molecule has 36 heavy (non-hydrogen) atoms. The molecule has 0 fully saturated rings. The molecule has 0 spiro atoms. The predicted molar refractivity (Wildman–Crippen MR) is 138 cm³/mol. The second-order valence-corrected chi connectivity index (χ2v) is 11.0. The first-order valence-electron chi connectivity index (χ1n) is 10.0. The molecule has 0 saturated carbocycles. The fourth-order valence-electron chi connectivity index (χ4n) is 3.78. The van der Waals surface area contributed by atoms with Crippen molar-refractivity contribution in [3.8, 4) is 0 Å². The molecule has 4 rings (SSSR count). The Morgan fingerprint density at radius 1 is 1.00 bits per heavy atom. The third kappa shape index (κ3) is 5.35. The third-order valence-corrected chi connectivity index (χ3v) is 7.87. The normalized spacial score (nSPS) is 13.6. The Morgan fingerprint density at radius 2 is 1.61 bits per heavy atom. The minimum absolute atomic E-state index is 0. The van der Waals surface area contributed by atoms with Crippen LogP contribution in [-0.2, 0) is 19.6 Å². The van der Waals surface area contributed by atoms with E-state index in [9.17, 15) is 22.0 Å². The third-order valence-electron chi connectivity index (χ3n) is 5.41. The number of ketones is 1. The van der Waals surface area contributed by atoms with Gasteiger partial charge in [-0.2, -0.15) is 0 Å². The number of hydrogen-bond acceptors (Lipinski definition) is 8. The van der Waals surface area contributed by atoms with Crippen LogP contribution in [0.1, 0.15) is 27.0 Å². The van der Waals surface area contributed by atoms with Crippen molar-refractivity contribution in [2.75, 3.05) is 18.2 Å². The predicted octanol–water partition coefficient (Wildman–Crippen LogP) is 0.354. The molecule has 1 atom stereocenters. The van der Waals surface area contributed by atoms with Gasteiger partial charge in [-0.15, -0.1) is 0 Å². The first kappa shape index (κ1) is 29.5. The van der Waals surface area contributed by atoms with Crippen molar-refractivity contribution < 1.29 is 56.6 Å². The molecular formula is C25H23N2NaO6S2. The van der Waals surface area contributed by atoms with Gasteiger partial charge in [0.2, 0.25) is 0 Å². The number of nitrogens with two attached hydrogens (primary N) is 1. The van der Waals surface area contributed by atoms with Gasteiger partial charge >= 0.3 is 29.6 Å². The van der Waals surface area contributed by atoms with Crippen LogP contribution in [0, 0.1) is 0 Å². The van der Waals surface area contributed by atoms with Gasteiger partial charge in [-0.1, -0.05) is 43.5 Å². The Labute approximate surface area is 232 Å². The van der Waals surface area contributed by atoms with E-state index in [0.29, 0.717) is 27.3 Å². The summed E-state index contributed by atoms with van der Waals surface area (Å²) in [6, 6.07) is 14.2. The maximum Gasteiger partial charge on any atom is 1.00 e. The van der Waals surface area contributed by atoms with Gasteiger partial charge in [-0.05, 0) is 46.7 Å². The molecule has 11 heteroatoms. The first-order valence-corrected chi connectivity index (χ1v) is 13.2. The largest absolute Gasteiger partial charge is 1.00 e. The van der Waals surface area contributed by atoms with Crippen LogP contribution in [0.3, 0.4) is 0 Å². The van der Waals surface area contributed by atoms with Crippen LogP contribution in [0.15, 0.2) is 83.0 Å². The van der Waals surface area contributed by atoms with E-state index in [0.717, 1.165) is 13.2 Å². The SMILES string of the molecule is C=CS(=C)(=O)c1cccc(Nc2cc(S(=O)(=O)[O-])c(N)c3c2C(=O)c2ccccc2C3=C)c1.CO.[Na+]. The van der Waals surface area contributed by atoms with E-state index in [1.54, 1.807) is 48.5 Å². The number of nitrogens with one attached hydrogen (secondary N) is 1. The van der Waals surface area contributed by atoms with Gasteiger partial charge in [0.1, 0.15) is 10.1 Å². The van der Waals surface area contributed by atoms with E-state index >= 15 is 0 Å². The molecular weight excluding hydrogens is 511 g/mol. The van der Waals surface area contributed by atoms with Gasteiger partial charge < -0.3 is 20.7 Å². The fourth-order valence-corrected chi connectivity index (χ4v) is 5.24. The second kappa shape index (κ2) is 11.1. The molecule has 4 N–H and O–H groups in total. The zero-order valence-corrected chi connectivity index (χ0v) is 23.4. The molecule has 0 aromatic heterocycles. The van der Waals surface area contributed by atoms with E-state index < -0.39 is 30.3 Å². The van der Waals surface area contributed by atoms with Crippen LogP contribution >= 0.6 is 0 Å². The molecule has 0 saturated heterocycles. The Morgan fingerprint density at radius 3 is 2.19 bits per heavy atom. The summed E-state index contributed by atoms with van der Waals surface area (Å²) in [5, 5.41) is 11.2. The van der Waals surface area contributed by atoms with E-state index in [2.05, 4.69) is 24.3 Å². The standard InChI is InChI=1S/C24H20N2O5S2.CH4O.Na/c1-4-32(3,28)16-9-7-8-15(12-16)26-19-13-20(33(29,30)31)23(25)21-14(2)17-10-5-6-11-18(17)24(27)22(19)21;1-2;/h4-13,26H,1-3,25H2,(H,29,30,31);2H,1H3;/q;;+1/p-1. The van der Waals surface area contributed by atoms with Gasteiger partial charge in [0, 0.05) is 38.3 Å². The Hall–Kier alpha value is -2.70. The summed E-state index contributed by atoms with van der Waals surface area (Å²) in [6.45, 7) is 7.55. The van der Waals surface area contributed by atoms with Crippen LogP contribution in [-0.4, -0.2) is 41.0 Å². The Bertz CT molecular complexity index is 1600. The average molecular weight is 535 g/mol. The summed E-state index contributed by atoms with van der Waals surface area (Å²) in [7, 11) is -6.72. The molecule has 1 unspecified atom stereocenters. The number of carbonyl (C=O) groups excluding carboxylic acids is 1. The molecule has 0 bridgehead atoms. The quantitative estimate of drug-likeness (QED) is 0.144. The number of carbonyl (C=O) groups is 1. The fraction of sp³-hybridized carbons (Fsp3) is 0.0400. The topological polar surface area (TPSA) is 150 Å². The molecule has 1 aliphatic carbocycles. The molecule has 0 aliphatic heterocycles. The smallest absolute Gasteiger partial charge is 0.744 e. The minimum atomic E-state index is -4.97. The number of hydrogen-bond donors (Lipinski definition) is 3. The van der Waals surface area contributed by atoms with E-state index in [1.165, 1.54) is 5.41 Å². The summed E-state index contributed by atoms with van der Waals surface area (Å²) in [5.41, 5.74) is 7.57. The molecule has 8 nitrogen and oxygen atoms in total. The molecule has 3 aromatic carbocycles. The van der Waals surface area contributed by atoms with E-state index in [-0.39, 0.29) is 52.1 Å². The molecule has 182 valence electrons. The van der Waals surface area contributed by atoms with Crippen molar-refractivity contribution in [3.05, 3.63) is 95.4 Å². The monoisotopic (exact) mass is 534 g/mol. The number of fused-ring (bicyclic) bond motifs is 2. The van der Waals surface area contributed by atoms with Crippen LogP contribution in [0.4, 0.5) is 17.1 Å². The van der Waals surface area contributed by atoms with Crippen LogP contribution in [0.25, 0.3) is 5.57 Å². The summed E-state index contributed by atoms with van der Waals surface area (Å²) >= 11 is 0. The summed E-state index contributed by atoms with van der Waals surface area (Å²) in [6.07, 6.45) is 0. The first-order chi connectivity index (χ1) is 16.5. The molecule has 1 aliphatic rings. The van der Waals surface area contributed by atoms with Crippen LogP contribution in [0.5, 0.6) is 0 Å². The zero-order chi connectivity index (χ0) is 26.1. The number of anilines is 3. The summed E-state index contributed by atoms with van der Waals surface area (Å²) in [4.78, 5) is 13.1. The number of aliphatic hydroxyl groups excluding tert-OH is 1. The van der Waals surface area contributed by atoms with Gasteiger partial charge in [0.05, 0.1) is 21.8 Å². The van der Waals surface area contributed by atoms with Gasteiger partial charge in [-0.25, -0.2) is 8.42 Å². The number of rotatable bonds is 5.